The predicted molar refractivity (Wildman–Crippen MR) is 111 cm³/mol. The minimum absolute atomic E-state index is 0.0892. The Kier molecular flexibility index (Phi) is 4.58. The average Bonchev–Trinajstić information content (AvgIpc) is 3.07. The van der Waals surface area contributed by atoms with Gasteiger partial charge in [0.15, 0.2) is 5.13 Å². The predicted octanol–water partition coefficient (Wildman–Crippen LogP) is 5.10. The molecule has 0 aliphatic carbocycles. The smallest absolute Gasteiger partial charge is 0.334 e. The van der Waals surface area contributed by atoms with Crippen molar-refractivity contribution in [2.24, 2.45) is 0 Å². The van der Waals surface area contributed by atoms with Crippen molar-refractivity contribution in [3.05, 3.63) is 70.0 Å². The molecular formula is C19H16N6O2S. The highest BCUT2D eigenvalue weighted by molar-refractivity contribution is 7.22. The van der Waals surface area contributed by atoms with Crippen LogP contribution in [0.2, 0.25) is 0 Å². The van der Waals surface area contributed by atoms with Gasteiger partial charge in [-0.2, -0.15) is 0 Å². The minimum Gasteiger partial charge on any atom is -0.334 e. The van der Waals surface area contributed by atoms with Crippen LogP contribution in [0.25, 0.3) is 10.2 Å². The molecule has 0 radical (unpaired) electrons. The number of fused-ring (bicyclic) bond motifs is 1. The number of hydrogen-bond acceptors (Lipinski definition) is 8. The van der Waals surface area contributed by atoms with Crippen molar-refractivity contribution in [1.82, 2.24) is 15.0 Å². The number of para-hydroxylation sites is 1. The molecule has 0 spiro atoms. The van der Waals surface area contributed by atoms with Gasteiger partial charge < -0.3 is 10.6 Å². The summed E-state index contributed by atoms with van der Waals surface area (Å²) in [4.78, 5) is 23.9. The monoisotopic (exact) mass is 392 g/mol. The van der Waals surface area contributed by atoms with E-state index in [1.54, 1.807) is 0 Å². The maximum absolute atomic E-state index is 11.7. The SMILES string of the molecule is Cc1ccc(Nc2ncnc(Nc3nc4c(C)cccc4s3)c2[N+](=O)[O-])cc1. The van der Waals surface area contributed by atoms with Crippen LogP contribution in [0.5, 0.6) is 0 Å². The van der Waals surface area contributed by atoms with Gasteiger partial charge in [0.1, 0.15) is 6.33 Å². The Bertz CT molecular complexity index is 1170. The lowest BCUT2D eigenvalue weighted by atomic mass is 10.2. The number of rotatable bonds is 5. The molecule has 0 fully saturated rings. The Labute approximate surface area is 164 Å². The van der Waals surface area contributed by atoms with Crippen molar-refractivity contribution in [3.63, 3.8) is 0 Å². The fourth-order valence-corrected chi connectivity index (χ4v) is 3.69. The molecule has 28 heavy (non-hydrogen) atoms. The van der Waals surface area contributed by atoms with Gasteiger partial charge in [0.2, 0.25) is 11.6 Å². The third-order valence-electron chi connectivity index (χ3n) is 4.17. The van der Waals surface area contributed by atoms with E-state index in [-0.39, 0.29) is 17.3 Å². The number of aryl methyl sites for hydroxylation is 2. The van der Waals surface area contributed by atoms with Crippen LogP contribution in [0.1, 0.15) is 11.1 Å². The first-order valence-electron chi connectivity index (χ1n) is 8.47. The first-order chi connectivity index (χ1) is 13.5. The zero-order valence-electron chi connectivity index (χ0n) is 15.1. The Morgan fingerprint density at radius 1 is 1.00 bits per heavy atom. The fraction of sp³-hybridized carbons (Fsp3) is 0.105. The van der Waals surface area contributed by atoms with Crippen molar-refractivity contribution in [2.75, 3.05) is 10.6 Å². The Hall–Kier alpha value is -3.59. The summed E-state index contributed by atoms with van der Waals surface area (Å²) < 4.78 is 0.997. The molecule has 140 valence electrons. The molecule has 8 nitrogen and oxygen atoms in total. The van der Waals surface area contributed by atoms with Crippen LogP contribution in [0.3, 0.4) is 0 Å². The van der Waals surface area contributed by atoms with Gasteiger partial charge in [-0.05, 0) is 37.6 Å². The minimum atomic E-state index is -0.503. The Morgan fingerprint density at radius 3 is 2.39 bits per heavy atom. The lowest BCUT2D eigenvalue weighted by Crippen LogP contribution is -2.05. The molecule has 0 unspecified atom stereocenters. The van der Waals surface area contributed by atoms with Gasteiger partial charge in [-0.25, -0.2) is 15.0 Å². The highest BCUT2D eigenvalue weighted by Crippen LogP contribution is 2.35. The molecule has 2 aromatic carbocycles. The summed E-state index contributed by atoms with van der Waals surface area (Å²) in [5, 5.41) is 18.2. The first-order valence-corrected chi connectivity index (χ1v) is 9.29. The summed E-state index contributed by atoms with van der Waals surface area (Å²) in [6, 6.07) is 13.4. The summed E-state index contributed by atoms with van der Waals surface area (Å²) in [5.41, 5.74) is 3.47. The number of thiazole rings is 1. The number of anilines is 4. The Balaban J connectivity index is 1.71. The third-order valence-corrected chi connectivity index (χ3v) is 5.10. The number of nitrogens with zero attached hydrogens (tertiary/aromatic N) is 4. The lowest BCUT2D eigenvalue weighted by molar-refractivity contribution is -0.383. The molecule has 2 N–H and O–H groups in total. The van der Waals surface area contributed by atoms with Crippen molar-refractivity contribution in [2.45, 2.75) is 13.8 Å². The fourth-order valence-electron chi connectivity index (χ4n) is 2.75. The third kappa shape index (κ3) is 3.47. The van der Waals surface area contributed by atoms with E-state index >= 15 is 0 Å². The van der Waals surface area contributed by atoms with E-state index in [1.807, 2.05) is 56.3 Å². The number of benzene rings is 2. The largest absolute Gasteiger partial charge is 0.353 e. The molecule has 0 aliphatic rings. The quantitative estimate of drug-likeness (QED) is 0.359. The van der Waals surface area contributed by atoms with Crippen LogP contribution in [0, 0.1) is 24.0 Å². The van der Waals surface area contributed by atoms with Crippen LogP contribution < -0.4 is 10.6 Å². The molecule has 2 aromatic heterocycles. The molecule has 4 rings (SSSR count). The van der Waals surface area contributed by atoms with Crippen LogP contribution in [0.4, 0.5) is 28.1 Å². The Morgan fingerprint density at radius 2 is 1.71 bits per heavy atom. The maximum Gasteiger partial charge on any atom is 0.353 e. The van der Waals surface area contributed by atoms with E-state index in [4.69, 9.17) is 0 Å². The van der Waals surface area contributed by atoms with Gasteiger partial charge in [-0.3, -0.25) is 10.1 Å². The molecule has 4 aromatic rings. The van der Waals surface area contributed by atoms with Crippen molar-refractivity contribution in [3.8, 4) is 0 Å². The van der Waals surface area contributed by atoms with Gasteiger partial charge in [-0.1, -0.05) is 41.2 Å². The number of nitro groups is 1. The summed E-state index contributed by atoms with van der Waals surface area (Å²) in [7, 11) is 0. The summed E-state index contributed by atoms with van der Waals surface area (Å²) in [6.07, 6.45) is 1.28. The molecule has 2 heterocycles. The van der Waals surface area contributed by atoms with Gasteiger partial charge in [-0.15, -0.1) is 0 Å². The molecule has 0 saturated heterocycles. The van der Waals surface area contributed by atoms with Crippen molar-refractivity contribution < 1.29 is 4.92 Å². The van der Waals surface area contributed by atoms with E-state index in [0.717, 1.165) is 21.3 Å². The highest BCUT2D eigenvalue weighted by atomic mass is 32.1. The lowest BCUT2D eigenvalue weighted by Gasteiger charge is -2.09. The summed E-state index contributed by atoms with van der Waals surface area (Å²) >= 11 is 1.41. The molecular weight excluding hydrogens is 376 g/mol. The van der Waals surface area contributed by atoms with E-state index in [1.165, 1.54) is 17.7 Å². The summed E-state index contributed by atoms with van der Waals surface area (Å²) in [5.74, 6) is 0.204. The zero-order valence-corrected chi connectivity index (χ0v) is 15.9. The average molecular weight is 392 g/mol. The molecule has 0 amide bonds. The van der Waals surface area contributed by atoms with Gasteiger partial charge in [0.25, 0.3) is 0 Å². The zero-order chi connectivity index (χ0) is 19.7. The molecule has 0 bridgehead atoms. The van der Waals surface area contributed by atoms with E-state index in [9.17, 15) is 10.1 Å². The number of aromatic nitrogens is 3. The number of nitrogens with one attached hydrogen (secondary N) is 2. The van der Waals surface area contributed by atoms with Crippen LogP contribution in [-0.2, 0) is 0 Å². The topological polar surface area (TPSA) is 106 Å². The molecule has 0 atom stereocenters. The second kappa shape index (κ2) is 7.20. The van der Waals surface area contributed by atoms with Gasteiger partial charge in [0.05, 0.1) is 15.1 Å². The van der Waals surface area contributed by atoms with Crippen molar-refractivity contribution in [1.29, 1.82) is 0 Å². The van der Waals surface area contributed by atoms with Crippen LogP contribution in [0.15, 0.2) is 48.8 Å². The van der Waals surface area contributed by atoms with E-state index in [0.29, 0.717) is 10.8 Å². The standard InChI is InChI=1S/C19H16N6O2S/c1-11-6-8-13(9-7-11)22-17-16(25(26)27)18(21-10-20-17)24-19-23-15-12(2)4-3-5-14(15)28-19/h3-10H,1-2H3,(H2,20,21,22,23,24). The summed E-state index contributed by atoms with van der Waals surface area (Å²) in [6.45, 7) is 3.95. The second-order valence-electron chi connectivity index (χ2n) is 6.23. The van der Waals surface area contributed by atoms with E-state index < -0.39 is 4.92 Å². The maximum atomic E-state index is 11.7. The molecule has 0 aliphatic heterocycles. The van der Waals surface area contributed by atoms with Gasteiger partial charge >= 0.3 is 5.69 Å². The van der Waals surface area contributed by atoms with Gasteiger partial charge in [0, 0.05) is 5.69 Å². The van der Waals surface area contributed by atoms with Crippen molar-refractivity contribution >= 4 is 49.7 Å². The highest BCUT2D eigenvalue weighted by Gasteiger charge is 2.24. The molecule has 9 heteroatoms. The molecule has 0 saturated carbocycles. The normalized spacial score (nSPS) is 10.8. The number of hydrogen-bond donors (Lipinski definition) is 2. The second-order valence-corrected chi connectivity index (χ2v) is 7.26. The van der Waals surface area contributed by atoms with E-state index in [2.05, 4.69) is 25.6 Å². The van der Waals surface area contributed by atoms with Crippen LogP contribution in [-0.4, -0.2) is 19.9 Å². The van der Waals surface area contributed by atoms with Crippen LogP contribution >= 0.6 is 11.3 Å². The first kappa shape index (κ1) is 17.8.